The normalized spacial score (nSPS) is 27.1. The number of ether oxygens (including phenoxy) is 4. The number of aliphatic hydroxyl groups excluding tert-OH is 1. The lowest BCUT2D eigenvalue weighted by Gasteiger charge is -2.47. The molecule has 3 rings (SSSR count). The highest BCUT2D eigenvalue weighted by molar-refractivity contribution is 5.73. The molecule has 0 unspecified atom stereocenters. The first-order valence-corrected chi connectivity index (χ1v) is 15.1. The van der Waals surface area contributed by atoms with Gasteiger partial charge in [0.2, 0.25) is 5.91 Å². The van der Waals surface area contributed by atoms with Crippen molar-refractivity contribution in [3.05, 3.63) is 35.9 Å². The van der Waals surface area contributed by atoms with Crippen LogP contribution >= 0.6 is 0 Å². The molecule has 1 aromatic carbocycles. The van der Waals surface area contributed by atoms with Gasteiger partial charge in [-0.15, -0.1) is 0 Å². The molecular weight excluding hydrogens is 482 g/mol. The van der Waals surface area contributed by atoms with E-state index in [9.17, 15) is 9.90 Å². The summed E-state index contributed by atoms with van der Waals surface area (Å²) in [5, 5.41) is 13.9. The van der Waals surface area contributed by atoms with Gasteiger partial charge in [-0.1, -0.05) is 121 Å². The van der Waals surface area contributed by atoms with Crippen LogP contribution in [0.15, 0.2) is 30.3 Å². The molecule has 2 fully saturated rings. The lowest BCUT2D eigenvalue weighted by atomic mass is 9.95. The standard InChI is InChI=1S/C31H51NO6/c1-3-4-5-6-7-8-9-10-11-12-13-14-15-19-22-35-31-27(32-24(2)33)28(34)29-26(37-31)23-36-30(38-29)25-20-17-16-18-21-25/h16-18,20-21,26-31,34H,3-15,19,22-23H2,1-2H3,(H,32,33)/t26-,27-,28-,29-,30-,31-/m0/s1. The molecule has 1 amide bonds. The smallest absolute Gasteiger partial charge is 0.217 e. The number of rotatable bonds is 18. The second kappa shape index (κ2) is 18.0. The minimum absolute atomic E-state index is 0.243. The summed E-state index contributed by atoms with van der Waals surface area (Å²) in [6, 6.07) is 8.92. The Morgan fingerprint density at radius 3 is 2.05 bits per heavy atom. The largest absolute Gasteiger partial charge is 0.388 e. The summed E-state index contributed by atoms with van der Waals surface area (Å²) in [4.78, 5) is 11.9. The van der Waals surface area contributed by atoms with Crippen LogP contribution in [0.25, 0.3) is 0 Å². The van der Waals surface area contributed by atoms with E-state index < -0.39 is 36.9 Å². The molecule has 1 aromatic rings. The predicted octanol–water partition coefficient (Wildman–Crippen LogP) is 6.19. The SMILES string of the molecule is CCCCCCCCCCCCCCCCO[C@H]1O[C@H]2CO[C@H](c3ccccc3)O[C@@H]2[C@@H](O)[C@@H]1NC(C)=O. The maximum absolute atomic E-state index is 11.9. The Morgan fingerprint density at radius 1 is 0.895 bits per heavy atom. The number of carbonyl (C=O) groups excluding carboxylic acids is 1. The summed E-state index contributed by atoms with van der Waals surface area (Å²) in [6.07, 6.45) is 14.9. The zero-order valence-electron chi connectivity index (χ0n) is 23.7. The monoisotopic (exact) mass is 533 g/mol. The van der Waals surface area contributed by atoms with Crippen LogP contribution in [0.5, 0.6) is 0 Å². The van der Waals surface area contributed by atoms with Crippen LogP contribution in [0.1, 0.15) is 116 Å². The summed E-state index contributed by atoms with van der Waals surface area (Å²) in [7, 11) is 0. The van der Waals surface area contributed by atoms with Crippen LogP contribution in [-0.4, -0.2) is 54.9 Å². The molecule has 0 saturated carbocycles. The Balaban J connectivity index is 1.30. The minimum Gasteiger partial charge on any atom is -0.388 e. The van der Waals surface area contributed by atoms with Crippen molar-refractivity contribution in [2.24, 2.45) is 0 Å². The Kier molecular flexibility index (Phi) is 14.7. The minimum atomic E-state index is -0.964. The molecule has 2 N–H and O–H groups in total. The molecule has 2 heterocycles. The number of nitrogens with one attached hydrogen (secondary N) is 1. The number of unbranched alkanes of at least 4 members (excludes halogenated alkanes) is 13. The third-order valence-electron chi connectivity index (χ3n) is 7.59. The molecule has 7 heteroatoms. The molecule has 0 radical (unpaired) electrons. The van der Waals surface area contributed by atoms with E-state index in [0.717, 1.165) is 18.4 Å². The zero-order chi connectivity index (χ0) is 27.0. The van der Waals surface area contributed by atoms with Crippen molar-refractivity contribution < 1.29 is 28.8 Å². The van der Waals surface area contributed by atoms with E-state index in [4.69, 9.17) is 18.9 Å². The van der Waals surface area contributed by atoms with Crippen LogP contribution in [-0.2, 0) is 23.7 Å². The van der Waals surface area contributed by atoms with E-state index in [1.54, 1.807) is 0 Å². The van der Waals surface area contributed by atoms with E-state index >= 15 is 0 Å². The molecule has 216 valence electrons. The lowest BCUT2D eigenvalue weighted by molar-refractivity contribution is -0.344. The first-order valence-electron chi connectivity index (χ1n) is 15.1. The van der Waals surface area contributed by atoms with Crippen molar-refractivity contribution in [1.82, 2.24) is 5.32 Å². The van der Waals surface area contributed by atoms with Gasteiger partial charge in [0.25, 0.3) is 0 Å². The summed E-state index contributed by atoms with van der Waals surface area (Å²) in [5.41, 5.74) is 0.880. The van der Waals surface area contributed by atoms with Gasteiger partial charge in [0.15, 0.2) is 12.6 Å². The van der Waals surface area contributed by atoms with E-state index in [1.807, 2.05) is 30.3 Å². The van der Waals surface area contributed by atoms with Gasteiger partial charge in [-0.25, -0.2) is 0 Å². The second-order valence-corrected chi connectivity index (χ2v) is 10.9. The van der Waals surface area contributed by atoms with Crippen LogP contribution in [0.3, 0.4) is 0 Å². The molecular formula is C31H51NO6. The van der Waals surface area contributed by atoms with Gasteiger partial charge in [0.1, 0.15) is 24.4 Å². The molecule has 2 aliphatic heterocycles. The fraction of sp³-hybridized carbons (Fsp3) is 0.774. The highest BCUT2D eigenvalue weighted by Gasteiger charge is 2.50. The molecule has 6 atom stereocenters. The third-order valence-corrected chi connectivity index (χ3v) is 7.59. The molecule has 0 spiro atoms. The van der Waals surface area contributed by atoms with Crippen molar-refractivity contribution in [3.63, 3.8) is 0 Å². The van der Waals surface area contributed by atoms with Gasteiger partial charge in [-0.2, -0.15) is 0 Å². The Hall–Kier alpha value is -1.51. The number of benzene rings is 1. The van der Waals surface area contributed by atoms with Crippen LogP contribution in [0, 0.1) is 0 Å². The molecule has 2 saturated heterocycles. The van der Waals surface area contributed by atoms with Crippen molar-refractivity contribution >= 4 is 5.91 Å². The van der Waals surface area contributed by atoms with Crippen molar-refractivity contribution in [3.8, 4) is 0 Å². The van der Waals surface area contributed by atoms with Gasteiger partial charge >= 0.3 is 0 Å². The Bertz CT molecular complexity index is 762. The number of hydrogen-bond acceptors (Lipinski definition) is 6. The third kappa shape index (κ3) is 10.6. The zero-order valence-corrected chi connectivity index (χ0v) is 23.7. The number of hydrogen-bond donors (Lipinski definition) is 2. The van der Waals surface area contributed by atoms with Crippen LogP contribution in [0.2, 0.25) is 0 Å². The second-order valence-electron chi connectivity index (χ2n) is 10.9. The van der Waals surface area contributed by atoms with Crippen molar-refractivity contribution in [2.75, 3.05) is 13.2 Å². The van der Waals surface area contributed by atoms with Crippen LogP contribution < -0.4 is 5.32 Å². The topological polar surface area (TPSA) is 86.2 Å². The van der Waals surface area contributed by atoms with Gasteiger partial charge < -0.3 is 29.4 Å². The Morgan fingerprint density at radius 2 is 1.47 bits per heavy atom. The number of amides is 1. The summed E-state index contributed by atoms with van der Waals surface area (Å²) in [5.74, 6) is -0.243. The quantitative estimate of drug-likeness (QED) is 0.219. The average Bonchev–Trinajstić information content (AvgIpc) is 2.93. The first kappa shape index (κ1) is 31.0. The summed E-state index contributed by atoms with van der Waals surface area (Å²) < 4.78 is 24.1. The van der Waals surface area contributed by atoms with Gasteiger partial charge in [0.05, 0.1) is 6.61 Å². The number of aliphatic hydroxyl groups is 1. The molecule has 38 heavy (non-hydrogen) atoms. The van der Waals surface area contributed by atoms with Gasteiger partial charge in [-0.05, 0) is 6.42 Å². The van der Waals surface area contributed by atoms with E-state index in [2.05, 4.69) is 12.2 Å². The fourth-order valence-electron chi connectivity index (χ4n) is 5.40. The van der Waals surface area contributed by atoms with E-state index in [0.29, 0.717) is 6.61 Å². The summed E-state index contributed by atoms with van der Waals surface area (Å²) in [6.45, 7) is 4.51. The molecule has 7 nitrogen and oxygen atoms in total. The molecule has 2 aliphatic rings. The maximum Gasteiger partial charge on any atom is 0.217 e. The van der Waals surface area contributed by atoms with Crippen molar-refractivity contribution in [2.45, 2.75) is 141 Å². The first-order chi connectivity index (χ1) is 18.6. The maximum atomic E-state index is 11.9. The van der Waals surface area contributed by atoms with E-state index in [-0.39, 0.29) is 12.5 Å². The molecule has 0 bridgehead atoms. The van der Waals surface area contributed by atoms with E-state index in [1.165, 1.54) is 84.0 Å². The number of fused-ring (bicyclic) bond motifs is 1. The van der Waals surface area contributed by atoms with Gasteiger partial charge in [-0.3, -0.25) is 4.79 Å². The molecule has 0 aliphatic carbocycles. The summed E-state index contributed by atoms with van der Waals surface area (Å²) >= 11 is 0. The molecule has 0 aromatic heterocycles. The predicted molar refractivity (Wildman–Crippen MR) is 149 cm³/mol. The van der Waals surface area contributed by atoms with Crippen LogP contribution in [0.4, 0.5) is 0 Å². The lowest BCUT2D eigenvalue weighted by Crippen LogP contribution is -2.66. The fourth-order valence-corrected chi connectivity index (χ4v) is 5.40. The average molecular weight is 534 g/mol. The number of carbonyl (C=O) groups is 1. The van der Waals surface area contributed by atoms with Crippen molar-refractivity contribution in [1.29, 1.82) is 0 Å². The highest BCUT2D eigenvalue weighted by Crippen LogP contribution is 2.34. The Labute approximate surface area is 230 Å². The van der Waals surface area contributed by atoms with Gasteiger partial charge in [0, 0.05) is 19.1 Å². The highest BCUT2D eigenvalue weighted by atomic mass is 16.7.